The van der Waals surface area contributed by atoms with Crippen molar-refractivity contribution in [2.45, 2.75) is 32.4 Å². The Labute approximate surface area is 92.0 Å². The third-order valence-electron chi connectivity index (χ3n) is 3.29. The van der Waals surface area contributed by atoms with Crippen LogP contribution >= 0.6 is 0 Å². The van der Waals surface area contributed by atoms with Gasteiger partial charge in [-0.15, -0.1) is 0 Å². The van der Waals surface area contributed by atoms with Gasteiger partial charge in [0.05, 0.1) is 0 Å². The lowest BCUT2D eigenvalue weighted by molar-refractivity contribution is -0.143. The van der Waals surface area contributed by atoms with E-state index < -0.39 is 0 Å². The van der Waals surface area contributed by atoms with Gasteiger partial charge in [-0.25, -0.2) is 0 Å². The van der Waals surface area contributed by atoms with Gasteiger partial charge in [-0.3, -0.25) is 4.79 Å². The maximum absolute atomic E-state index is 11.9. The Morgan fingerprint density at radius 1 is 1.60 bits per heavy atom. The summed E-state index contributed by atoms with van der Waals surface area (Å²) in [5.74, 6) is 0.621. The molecule has 4 heteroatoms. The molecule has 1 heterocycles. The summed E-state index contributed by atoms with van der Waals surface area (Å²) in [5, 5.41) is 3.29. The highest BCUT2D eigenvalue weighted by Gasteiger charge is 2.29. The summed E-state index contributed by atoms with van der Waals surface area (Å²) in [5.41, 5.74) is 0. The first-order valence-corrected chi connectivity index (χ1v) is 5.59. The molecule has 1 aliphatic rings. The van der Waals surface area contributed by atoms with Gasteiger partial charge < -0.3 is 15.0 Å². The summed E-state index contributed by atoms with van der Waals surface area (Å²) in [6.07, 6.45) is 0.711. The second-order valence-electron chi connectivity index (χ2n) is 4.32. The minimum Gasteiger partial charge on any atom is -0.372 e. The molecular formula is C11H22N2O2. The van der Waals surface area contributed by atoms with Crippen LogP contribution in [-0.4, -0.2) is 50.2 Å². The molecule has 4 nitrogen and oxygen atoms in total. The standard InChI is InChI=1S/C11H22N2O2/c1-8-7-13(6-5-10(8)12-3)11(14)9(2)15-4/h8-10,12H,5-7H2,1-4H3. The van der Waals surface area contributed by atoms with Crippen LogP contribution in [0, 0.1) is 5.92 Å². The summed E-state index contributed by atoms with van der Waals surface area (Å²) in [6, 6.07) is 0.534. The molecule has 0 saturated carbocycles. The Kier molecular flexibility index (Phi) is 4.54. The van der Waals surface area contributed by atoms with E-state index in [0.717, 1.165) is 19.5 Å². The molecule has 0 aromatic rings. The minimum absolute atomic E-state index is 0.110. The molecule has 1 aliphatic heterocycles. The van der Waals surface area contributed by atoms with Crippen LogP contribution in [0.1, 0.15) is 20.3 Å². The van der Waals surface area contributed by atoms with Gasteiger partial charge in [-0.1, -0.05) is 6.92 Å². The number of nitrogens with zero attached hydrogens (tertiary/aromatic N) is 1. The molecule has 1 amide bonds. The highest BCUT2D eigenvalue weighted by Crippen LogP contribution is 2.17. The van der Waals surface area contributed by atoms with Crippen molar-refractivity contribution in [2.24, 2.45) is 5.92 Å². The molecule has 1 rings (SSSR count). The molecule has 0 radical (unpaired) electrons. The van der Waals surface area contributed by atoms with Crippen molar-refractivity contribution in [1.29, 1.82) is 0 Å². The second kappa shape index (κ2) is 5.47. The lowest BCUT2D eigenvalue weighted by Crippen LogP contribution is -2.51. The number of rotatable bonds is 3. The Bertz CT molecular complexity index is 221. The van der Waals surface area contributed by atoms with E-state index in [-0.39, 0.29) is 12.0 Å². The van der Waals surface area contributed by atoms with E-state index in [2.05, 4.69) is 12.2 Å². The van der Waals surface area contributed by atoms with Gasteiger partial charge in [0.2, 0.25) is 0 Å². The van der Waals surface area contributed by atoms with E-state index in [1.54, 1.807) is 14.0 Å². The van der Waals surface area contributed by atoms with Crippen molar-refractivity contribution in [1.82, 2.24) is 10.2 Å². The molecule has 1 fully saturated rings. The number of amides is 1. The van der Waals surface area contributed by atoms with Crippen LogP contribution in [0.5, 0.6) is 0 Å². The molecule has 3 atom stereocenters. The van der Waals surface area contributed by atoms with Crippen molar-refractivity contribution < 1.29 is 9.53 Å². The molecule has 1 N–H and O–H groups in total. The summed E-state index contributed by atoms with van der Waals surface area (Å²) in [4.78, 5) is 13.8. The molecule has 1 saturated heterocycles. The summed E-state index contributed by atoms with van der Waals surface area (Å²) in [7, 11) is 3.56. The van der Waals surface area contributed by atoms with Crippen molar-refractivity contribution in [3.63, 3.8) is 0 Å². The summed E-state index contributed by atoms with van der Waals surface area (Å²) >= 11 is 0. The Hall–Kier alpha value is -0.610. The first-order valence-electron chi connectivity index (χ1n) is 5.59. The predicted molar refractivity (Wildman–Crippen MR) is 59.7 cm³/mol. The van der Waals surface area contributed by atoms with Crippen molar-refractivity contribution in [2.75, 3.05) is 27.2 Å². The quantitative estimate of drug-likeness (QED) is 0.743. The average molecular weight is 214 g/mol. The monoisotopic (exact) mass is 214 g/mol. The lowest BCUT2D eigenvalue weighted by Gasteiger charge is -2.37. The molecule has 15 heavy (non-hydrogen) atoms. The van der Waals surface area contributed by atoms with Crippen LogP contribution in [0.15, 0.2) is 0 Å². The Morgan fingerprint density at radius 2 is 2.27 bits per heavy atom. The number of carbonyl (C=O) groups excluding carboxylic acids is 1. The second-order valence-corrected chi connectivity index (χ2v) is 4.32. The van der Waals surface area contributed by atoms with Crippen LogP contribution in [0.4, 0.5) is 0 Å². The molecule has 0 spiro atoms. The SMILES string of the molecule is CNC1CCN(C(=O)C(C)OC)CC1C. The molecule has 0 aromatic heterocycles. The van der Waals surface area contributed by atoms with Gasteiger partial charge in [0.25, 0.3) is 5.91 Å². The summed E-state index contributed by atoms with van der Waals surface area (Å²) in [6.45, 7) is 5.65. The fourth-order valence-electron chi connectivity index (χ4n) is 2.13. The Morgan fingerprint density at radius 3 is 2.73 bits per heavy atom. The zero-order valence-corrected chi connectivity index (χ0v) is 10.1. The number of likely N-dealkylation sites (tertiary alicyclic amines) is 1. The van der Waals surface area contributed by atoms with E-state index in [1.165, 1.54) is 0 Å². The number of nitrogens with one attached hydrogen (secondary N) is 1. The topological polar surface area (TPSA) is 41.6 Å². The number of hydrogen-bond acceptors (Lipinski definition) is 3. The first-order chi connectivity index (χ1) is 7.10. The highest BCUT2D eigenvalue weighted by molar-refractivity contribution is 5.80. The lowest BCUT2D eigenvalue weighted by atomic mass is 9.94. The number of ether oxygens (including phenoxy) is 1. The van der Waals surface area contributed by atoms with Gasteiger partial charge in [-0.2, -0.15) is 0 Å². The zero-order chi connectivity index (χ0) is 11.4. The van der Waals surface area contributed by atoms with Crippen molar-refractivity contribution >= 4 is 5.91 Å². The van der Waals surface area contributed by atoms with Crippen LogP contribution in [-0.2, 0) is 9.53 Å². The molecule has 0 aliphatic carbocycles. The van der Waals surface area contributed by atoms with Gasteiger partial charge >= 0.3 is 0 Å². The molecule has 0 bridgehead atoms. The number of piperidine rings is 1. The average Bonchev–Trinajstić information content (AvgIpc) is 2.26. The van der Waals surface area contributed by atoms with Crippen molar-refractivity contribution in [3.05, 3.63) is 0 Å². The van der Waals surface area contributed by atoms with Crippen LogP contribution < -0.4 is 5.32 Å². The van der Waals surface area contributed by atoms with E-state index in [9.17, 15) is 4.79 Å². The number of carbonyl (C=O) groups is 1. The third-order valence-corrected chi connectivity index (χ3v) is 3.29. The molecule has 3 unspecified atom stereocenters. The first kappa shape index (κ1) is 12.5. The van der Waals surface area contributed by atoms with E-state index >= 15 is 0 Å². The van der Waals surface area contributed by atoms with E-state index in [0.29, 0.717) is 12.0 Å². The maximum atomic E-state index is 11.9. The van der Waals surface area contributed by atoms with Gasteiger partial charge in [0, 0.05) is 26.2 Å². The van der Waals surface area contributed by atoms with Crippen LogP contribution in [0.2, 0.25) is 0 Å². The highest BCUT2D eigenvalue weighted by atomic mass is 16.5. The minimum atomic E-state index is -0.316. The number of methoxy groups -OCH3 is 1. The Balaban J connectivity index is 2.50. The van der Waals surface area contributed by atoms with Gasteiger partial charge in [-0.05, 0) is 26.3 Å². The van der Waals surface area contributed by atoms with Crippen molar-refractivity contribution in [3.8, 4) is 0 Å². The fraction of sp³-hybridized carbons (Fsp3) is 0.909. The van der Waals surface area contributed by atoms with Crippen LogP contribution in [0.3, 0.4) is 0 Å². The zero-order valence-electron chi connectivity index (χ0n) is 10.1. The predicted octanol–water partition coefficient (Wildman–Crippen LogP) is 0.478. The fourth-order valence-corrected chi connectivity index (χ4v) is 2.13. The van der Waals surface area contributed by atoms with E-state index in [1.807, 2.05) is 11.9 Å². The van der Waals surface area contributed by atoms with E-state index in [4.69, 9.17) is 4.74 Å². The largest absolute Gasteiger partial charge is 0.372 e. The van der Waals surface area contributed by atoms with Gasteiger partial charge in [0.15, 0.2) is 0 Å². The maximum Gasteiger partial charge on any atom is 0.251 e. The molecule has 88 valence electrons. The third kappa shape index (κ3) is 2.92. The van der Waals surface area contributed by atoms with Crippen LogP contribution in [0.25, 0.3) is 0 Å². The molecular weight excluding hydrogens is 192 g/mol. The smallest absolute Gasteiger partial charge is 0.251 e. The normalized spacial score (nSPS) is 28.9. The number of hydrogen-bond donors (Lipinski definition) is 1. The molecule has 0 aromatic carbocycles. The summed E-state index contributed by atoms with van der Waals surface area (Å²) < 4.78 is 5.05. The van der Waals surface area contributed by atoms with Gasteiger partial charge in [0.1, 0.15) is 6.10 Å².